The molecule has 0 bridgehead atoms. The fourth-order valence-corrected chi connectivity index (χ4v) is 0.535. The molecule has 0 rings (SSSR count). The summed E-state index contributed by atoms with van der Waals surface area (Å²) in [5.41, 5.74) is 4.82. The third kappa shape index (κ3) is 3.52. The van der Waals surface area contributed by atoms with Gasteiger partial charge in [-0.25, -0.2) is 4.39 Å². The summed E-state index contributed by atoms with van der Waals surface area (Å²) in [6.07, 6.45) is -10.6. The van der Waals surface area contributed by atoms with Crippen LogP contribution in [0.2, 0.25) is 0 Å². The number of halogens is 4. The molecule has 0 aromatic carbocycles. The molecule has 0 saturated heterocycles. The number of alkyl halides is 4. The van der Waals surface area contributed by atoms with Crippen molar-refractivity contribution in [3.8, 4) is 0 Å². The van der Waals surface area contributed by atoms with E-state index in [1.54, 1.807) is 0 Å². The molecule has 0 spiro atoms. The van der Waals surface area contributed by atoms with Gasteiger partial charge in [-0.1, -0.05) is 0 Å². The van der Waals surface area contributed by atoms with Crippen LogP contribution in [0.4, 0.5) is 17.6 Å². The summed E-state index contributed by atoms with van der Waals surface area (Å²) < 4.78 is 46.4. The topological polar surface area (TPSA) is 46.2 Å². The number of aliphatic hydroxyl groups excluding tert-OH is 1. The predicted molar refractivity (Wildman–Crippen MR) is 30.6 cm³/mol. The predicted octanol–water partition coefficient (Wildman–Crippen LogP) is 0.597. The van der Waals surface area contributed by atoms with Gasteiger partial charge in [-0.2, -0.15) is 13.2 Å². The highest BCUT2D eigenvalue weighted by Gasteiger charge is 2.44. The number of hydrogen-bond donors (Lipinski definition) is 2. The lowest BCUT2D eigenvalue weighted by Gasteiger charge is -2.17. The highest BCUT2D eigenvalue weighted by Crippen LogP contribution is 2.26. The molecule has 0 amide bonds. The Morgan fingerprint density at radius 1 is 1.36 bits per heavy atom. The van der Waals surface area contributed by atoms with E-state index in [-0.39, 0.29) is 13.0 Å². The Morgan fingerprint density at radius 3 is 2.09 bits per heavy atom. The van der Waals surface area contributed by atoms with E-state index in [9.17, 15) is 17.6 Å². The Morgan fingerprint density at radius 2 is 1.82 bits per heavy atom. The number of hydrogen-bond acceptors (Lipinski definition) is 2. The van der Waals surface area contributed by atoms with Crippen molar-refractivity contribution in [3.63, 3.8) is 0 Å². The lowest BCUT2D eigenvalue weighted by molar-refractivity contribution is -0.205. The van der Waals surface area contributed by atoms with Crippen molar-refractivity contribution in [2.24, 2.45) is 5.73 Å². The summed E-state index contributed by atoms with van der Waals surface area (Å²) in [7, 11) is 0. The highest BCUT2D eigenvalue weighted by atomic mass is 19.4. The van der Waals surface area contributed by atoms with Gasteiger partial charge in [-0.15, -0.1) is 0 Å². The molecule has 0 aromatic heterocycles. The summed E-state index contributed by atoms with van der Waals surface area (Å²) >= 11 is 0. The molecule has 68 valence electrons. The maximum absolute atomic E-state index is 12.1. The van der Waals surface area contributed by atoms with Gasteiger partial charge in [0.25, 0.3) is 0 Å². The molecule has 3 N–H and O–H groups in total. The standard InChI is InChI=1S/C5H9F4NO/c6-4(5(7,8)9)3(11)1-2-10/h3-4,11H,1-2,10H2. The zero-order chi connectivity index (χ0) is 9.07. The van der Waals surface area contributed by atoms with Crippen molar-refractivity contribution in [2.45, 2.75) is 24.9 Å². The molecule has 0 saturated carbocycles. The molecule has 11 heavy (non-hydrogen) atoms. The minimum Gasteiger partial charge on any atom is -0.390 e. The van der Waals surface area contributed by atoms with E-state index >= 15 is 0 Å². The Hall–Kier alpha value is -0.360. The SMILES string of the molecule is NCCC(O)C(F)C(F)(F)F. The van der Waals surface area contributed by atoms with Crippen LogP contribution in [0.3, 0.4) is 0 Å². The largest absolute Gasteiger partial charge is 0.422 e. The van der Waals surface area contributed by atoms with Crippen molar-refractivity contribution >= 4 is 0 Å². The molecular formula is C5H9F4NO. The van der Waals surface area contributed by atoms with Gasteiger partial charge >= 0.3 is 6.18 Å². The van der Waals surface area contributed by atoms with Crippen LogP contribution in [0.25, 0.3) is 0 Å². The summed E-state index contributed by atoms with van der Waals surface area (Å²) in [5, 5.41) is 8.48. The lowest BCUT2D eigenvalue weighted by Crippen LogP contribution is -2.37. The first-order valence-electron chi connectivity index (χ1n) is 2.98. The molecule has 6 heteroatoms. The van der Waals surface area contributed by atoms with Crippen LogP contribution in [0.1, 0.15) is 6.42 Å². The minimum atomic E-state index is -4.99. The molecule has 0 aliphatic rings. The van der Waals surface area contributed by atoms with E-state index in [4.69, 9.17) is 10.8 Å². The average molecular weight is 175 g/mol. The fourth-order valence-electron chi connectivity index (χ4n) is 0.535. The van der Waals surface area contributed by atoms with E-state index in [1.807, 2.05) is 0 Å². The third-order valence-corrected chi connectivity index (χ3v) is 1.11. The normalized spacial score (nSPS) is 18.0. The average Bonchev–Trinajstić information content (AvgIpc) is 1.85. The Balaban J connectivity index is 3.91. The molecule has 0 radical (unpaired) electrons. The monoisotopic (exact) mass is 175 g/mol. The second-order valence-corrected chi connectivity index (χ2v) is 2.09. The van der Waals surface area contributed by atoms with E-state index in [1.165, 1.54) is 0 Å². The van der Waals surface area contributed by atoms with Crippen LogP contribution >= 0.6 is 0 Å². The van der Waals surface area contributed by atoms with Crippen LogP contribution in [0, 0.1) is 0 Å². The van der Waals surface area contributed by atoms with E-state index in [0.717, 1.165) is 0 Å². The number of nitrogens with two attached hydrogens (primary N) is 1. The van der Waals surface area contributed by atoms with Gasteiger partial charge < -0.3 is 10.8 Å². The van der Waals surface area contributed by atoms with E-state index in [0.29, 0.717) is 0 Å². The lowest BCUT2D eigenvalue weighted by atomic mass is 10.1. The van der Waals surface area contributed by atoms with E-state index in [2.05, 4.69) is 0 Å². The van der Waals surface area contributed by atoms with Crippen LogP contribution in [0.5, 0.6) is 0 Å². The van der Waals surface area contributed by atoms with Crippen molar-refractivity contribution in [1.82, 2.24) is 0 Å². The van der Waals surface area contributed by atoms with Gasteiger partial charge in [-0.3, -0.25) is 0 Å². The molecule has 0 fully saturated rings. The number of aliphatic hydroxyl groups is 1. The molecule has 2 nitrogen and oxygen atoms in total. The smallest absolute Gasteiger partial charge is 0.390 e. The van der Waals surface area contributed by atoms with Gasteiger partial charge in [0.15, 0.2) is 0 Å². The van der Waals surface area contributed by atoms with Crippen molar-refractivity contribution in [3.05, 3.63) is 0 Å². The quantitative estimate of drug-likeness (QED) is 0.617. The maximum Gasteiger partial charge on any atom is 0.422 e. The van der Waals surface area contributed by atoms with Gasteiger partial charge in [0.05, 0.1) is 6.10 Å². The third-order valence-electron chi connectivity index (χ3n) is 1.11. The second kappa shape index (κ2) is 3.87. The first kappa shape index (κ1) is 10.6. The van der Waals surface area contributed by atoms with Gasteiger partial charge in [0, 0.05) is 0 Å². The van der Waals surface area contributed by atoms with E-state index < -0.39 is 18.5 Å². The molecule has 0 aliphatic heterocycles. The molecule has 2 unspecified atom stereocenters. The zero-order valence-electron chi connectivity index (χ0n) is 5.61. The van der Waals surface area contributed by atoms with Crippen molar-refractivity contribution in [2.75, 3.05) is 6.54 Å². The molecule has 0 aliphatic carbocycles. The first-order valence-corrected chi connectivity index (χ1v) is 2.98. The molecule has 0 heterocycles. The second-order valence-electron chi connectivity index (χ2n) is 2.09. The summed E-state index contributed by atoms with van der Waals surface area (Å²) in [6.45, 7) is -0.169. The van der Waals surface area contributed by atoms with Crippen LogP contribution in [0.15, 0.2) is 0 Å². The Kier molecular flexibility index (Phi) is 3.74. The van der Waals surface area contributed by atoms with Crippen molar-refractivity contribution < 1.29 is 22.7 Å². The van der Waals surface area contributed by atoms with Gasteiger partial charge in [0.2, 0.25) is 6.17 Å². The van der Waals surface area contributed by atoms with Crippen LogP contribution < -0.4 is 5.73 Å². The van der Waals surface area contributed by atoms with Crippen LogP contribution in [-0.2, 0) is 0 Å². The summed E-state index contributed by atoms with van der Waals surface area (Å²) in [4.78, 5) is 0. The Labute approximate surface area is 61.0 Å². The summed E-state index contributed by atoms with van der Waals surface area (Å²) in [6, 6.07) is 0. The first-order chi connectivity index (χ1) is 4.89. The molecule has 0 aromatic rings. The Bertz CT molecular complexity index is 116. The highest BCUT2D eigenvalue weighted by molar-refractivity contribution is 4.74. The van der Waals surface area contributed by atoms with Crippen molar-refractivity contribution in [1.29, 1.82) is 0 Å². The minimum absolute atomic E-state index is 0.169. The molecular weight excluding hydrogens is 166 g/mol. The van der Waals surface area contributed by atoms with Crippen LogP contribution in [-0.4, -0.2) is 30.1 Å². The maximum atomic E-state index is 12.1. The fraction of sp³-hybridized carbons (Fsp3) is 1.00. The zero-order valence-corrected chi connectivity index (χ0v) is 5.61. The summed E-state index contributed by atoms with van der Waals surface area (Å²) in [5.74, 6) is 0. The number of rotatable bonds is 3. The van der Waals surface area contributed by atoms with Gasteiger partial charge in [-0.05, 0) is 13.0 Å². The van der Waals surface area contributed by atoms with Gasteiger partial charge in [0.1, 0.15) is 0 Å². The molecule has 2 atom stereocenters.